The van der Waals surface area contributed by atoms with E-state index in [2.05, 4.69) is 9.99 Å². The number of rotatable bonds is 8. The maximum Gasteiger partial charge on any atom is 0.266 e. The number of carbonyl (C=O) groups is 1. The Bertz CT molecular complexity index is 714. The van der Waals surface area contributed by atoms with Crippen molar-refractivity contribution in [2.75, 3.05) is 7.11 Å². The molecule has 2 N–H and O–H groups in total. The van der Waals surface area contributed by atoms with Gasteiger partial charge in [0.15, 0.2) is 0 Å². The highest BCUT2D eigenvalue weighted by Crippen LogP contribution is 2.17. The molecule has 0 aliphatic carbocycles. The summed E-state index contributed by atoms with van der Waals surface area (Å²) in [5.41, 5.74) is 7.45. The second-order valence-corrected chi connectivity index (χ2v) is 5.10. The summed E-state index contributed by atoms with van der Waals surface area (Å²) in [5, 5.41) is 3.65. The number of halogens is 1. The van der Waals surface area contributed by atoms with Gasteiger partial charge in [-0.05, 0) is 41.8 Å². The van der Waals surface area contributed by atoms with Crippen LogP contribution in [0.2, 0.25) is 0 Å². The van der Waals surface area contributed by atoms with E-state index in [1.807, 2.05) is 24.3 Å². The van der Waals surface area contributed by atoms with Gasteiger partial charge in [0, 0.05) is 6.42 Å². The molecule has 0 heterocycles. The first-order chi connectivity index (χ1) is 11.6. The third-order valence-electron chi connectivity index (χ3n) is 3.44. The van der Waals surface area contributed by atoms with Crippen LogP contribution in [-0.2, 0) is 22.7 Å². The molecular weight excluding hydrogens is 311 g/mol. The Morgan fingerprint density at radius 3 is 2.42 bits per heavy atom. The lowest BCUT2D eigenvalue weighted by molar-refractivity contribution is -0.112. The molecule has 5 nitrogen and oxygen atoms in total. The number of hydrogen-bond donors (Lipinski definition) is 1. The van der Waals surface area contributed by atoms with Gasteiger partial charge in [-0.2, -0.15) is 0 Å². The van der Waals surface area contributed by atoms with Crippen LogP contribution < -0.4 is 10.5 Å². The molecule has 0 aliphatic rings. The van der Waals surface area contributed by atoms with E-state index in [0.717, 1.165) is 11.1 Å². The summed E-state index contributed by atoms with van der Waals surface area (Å²) in [4.78, 5) is 15.9. The van der Waals surface area contributed by atoms with Gasteiger partial charge in [-0.1, -0.05) is 29.4 Å². The molecule has 0 aromatic heterocycles. The molecule has 6 heteroatoms. The van der Waals surface area contributed by atoms with Crippen LogP contribution in [0.1, 0.15) is 17.5 Å². The van der Waals surface area contributed by atoms with Gasteiger partial charge in [0.1, 0.15) is 31.0 Å². The molecule has 24 heavy (non-hydrogen) atoms. The monoisotopic (exact) mass is 330 g/mol. The molecule has 2 rings (SSSR count). The van der Waals surface area contributed by atoms with Crippen LogP contribution in [0.25, 0.3) is 0 Å². The van der Waals surface area contributed by atoms with E-state index in [0.29, 0.717) is 25.2 Å². The number of oxime groups is 1. The van der Waals surface area contributed by atoms with Crippen molar-refractivity contribution in [2.45, 2.75) is 19.4 Å². The molecule has 2 aromatic carbocycles. The number of carbonyl (C=O) groups excluding carboxylic acids is 1. The smallest absolute Gasteiger partial charge is 0.266 e. The highest BCUT2D eigenvalue weighted by atomic mass is 19.1. The number of benzene rings is 2. The van der Waals surface area contributed by atoms with Crippen LogP contribution in [0, 0.1) is 5.82 Å². The Hall–Kier alpha value is -2.89. The molecule has 0 spiro atoms. The zero-order valence-electron chi connectivity index (χ0n) is 13.4. The fourth-order valence-electron chi connectivity index (χ4n) is 2.21. The van der Waals surface area contributed by atoms with Gasteiger partial charge in [-0.25, -0.2) is 4.39 Å². The lowest BCUT2D eigenvalue weighted by atomic mass is 10.0. The van der Waals surface area contributed by atoms with E-state index in [9.17, 15) is 9.18 Å². The summed E-state index contributed by atoms with van der Waals surface area (Å²) in [6, 6.07) is 13.6. The average Bonchev–Trinajstić information content (AvgIpc) is 2.58. The number of primary amides is 1. The van der Waals surface area contributed by atoms with Crippen molar-refractivity contribution in [2.24, 2.45) is 10.9 Å². The summed E-state index contributed by atoms with van der Waals surface area (Å²) in [6.45, 7) is 0.342. The highest BCUT2D eigenvalue weighted by Gasteiger charge is 2.10. The Kier molecular flexibility index (Phi) is 6.31. The first-order valence-corrected chi connectivity index (χ1v) is 7.45. The molecule has 0 radical (unpaired) electrons. The predicted octanol–water partition coefficient (Wildman–Crippen LogP) is 2.83. The molecule has 126 valence electrons. The second kappa shape index (κ2) is 8.67. The molecular formula is C18H19FN2O3. The van der Waals surface area contributed by atoms with Gasteiger partial charge in [0.25, 0.3) is 5.91 Å². The Balaban J connectivity index is 2.03. The Labute approximate surface area is 139 Å². The third-order valence-corrected chi connectivity index (χ3v) is 3.44. The fourth-order valence-corrected chi connectivity index (χ4v) is 2.21. The average molecular weight is 330 g/mol. The van der Waals surface area contributed by atoms with E-state index in [1.54, 1.807) is 12.1 Å². The van der Waals surface area contributed by atoms with Crippen LogP contribution in [0.5, 0.6) is 5.75 Å². The minimum absolute atomic E-state index is 0.187. The van der Waals surface area contributed by atoms with Gasteiger partial charge in [0.2, 0.25) is 0 Å². The number of amides is 1. The zero-order valence-corrected chi connectivity index (χ0v) is 13.4. The summed E-state index contributed by atoms with van der Waals surface area (Å²) in [6.07, 6.45) is 0.949. The lowest BCUT2D eigenvalue weighted by Crippen LogP contribution is -2.24. The number of ether oxygens (including phenoxy) is 1. The number of nitrogens with zero attached hydrogens (tertiary/aromatic N) is 1. The van der Waals surface area contributed by atoms with E-state index in [1.165, 1.54) is 19.2 Å². The summed E-state index contributed by atoms with van der Waals surface area (Å²) in [5.74, 6) is -0.318. The van der Waals surface area contributed by atoms with E-state index >= 15 is 0 Å². The summed E-state index contributed by atoms with van der Waals surface area (Å²) in [7, 11) is 1.37. The van der Waals surface area contributed by atoms with Crippen molar-refractivity contribution < 1.29 is 18.8 Å². The Morgan fingerprint density at radius 1 is 1.12 bits per heavy atom. The first kappa shape index (κ1) is 17.5. The number of aryl methyl sites for hydroxylation is 1. The fraction of sp³-hybridized carbons (Fsp3) is 0.222. The van der Waals surface area contributed by atoms with Crippen molar-refractivity contribution in [3.63, 3.8) is 0 Å². The van der Waals surface area contributed by atoms with E-state index < -0.39 is 5.91 Å². The van der Waals surface area contributed by atoms with Crippen molar-refractivity contribution in [1.82, 2.24) is 0 Å². The van der Waals surface area contributed by atoms with Crippen LogP contribution in [-0.4, -0.2) is 18.7 Å². The minimum atomic E-state index is -0.600. The van der Waals surface area contributed by atoms with Crippen LogP contribution in [0.15, 0.2) is 53.7 Å². The van der Waals surface area contributed by atoms with Crippen molar-refractivity contribution in [3.8, 4) is 5.75 Å². The molecule has 0 fully saturated rings. The SMILES string of the molecule is CON=C(CCc1ccccc1COc1ccc(F)cc1)C(N)=O. The second-order valence-electron chi connectivity index (χ2n) is 5.10. The molecule has 0 saturated heterocycles. The van der Waals surface area contributed by atoms with Crippen LogP contribution >= 0.6 is 0 Å². The Morgan fingerprint density at radius 2 is 1.79 bits per heavy atom. The molecule has 0 unspecified atom stereocenters. The number of nitrogens with two attached hydrogens (primary N) is 1. The molecule has 2 aromatic rings. The van der Waals surface area contributed by atoms with Crippen LogP contribution in [0.3, 0.4) is 0 Å². The first-order valence-electron chi connectivity index (χ1n) is 7.45. The lowest BCUT2D eigenvalue weighted by Gasteiger charge is -2.11. The minimum Gasteiger partial charge on any atom is -0.489 e. The normalized spacial score (nSPS) is 11.2. The molecule has 0 atom stereocenters. The molecule has 1 amide bonds. The van der Waals surface area contributed by atoms with Gasteiger partial charge >= 0.3 is 0 Å². The molecule has 0 saturated carbocycles. The van der Waals surface area contributed by atoms with Crippen molar-refractivity contribution in [3.05, 3.63) is 65.5 Å². The van der Waals surface area contributed by atoms with Gasteiger partial charge in [0.05, 0.1) is 0 Å². The quantitative estimate of drug-likeness (QED) is 0.597. The standard InChI is InChI=1S/C18H19FN2O3/c1-23-21-17(18(20)22)11-6-13-4-2-3-5-14(13)12-24-16-9-7-15(19)8-10-16/h2-5,7-10H,6,11-12H2,1H3,(H2,20,22). The largest absolute Gasteiger partial charge is 0.489 e. The maximum atomic E-state index is 12.9. The highest BCUT2D eigenvalue weighted by molar-refractivity contribution is 6.38. The van der Waals surface area contributed by atoms with Crippen molar-refractivity contribution in [1.29, 1.82) is 0 Å². The summed E-state index contributed by atoms with van der Waals surface area (Å²) >= 11 is 0. The van der Waals surface area contributed by atoms with E-state index in [4.69, 9.17) is 10.5 Å². The van der Waals surface area contributed by atoms with Gasteiger partial charge in [-0.3, -0.25) is 4.79 Å². The number of hydrogen-bond acceptors (Lipinski definition) is 4. The predicted molar refractivity (Wildman–Crippen MR) is 89.1 cm³/mol. The molecule has 0 bridgehead atoms. The van der Waals surface area contributed by atoms with E-state index in [-0.39, 0.29) is 11.5 Å². The third kappa shape index (κ3) is 5.08. The zero-order chi connectivity index (χ0) is 17.4. The van der Waals surface area contributed by atoms with Crippen LogP contribution in [0.4, 0.5) is 4.39 Å². The molecule has 0 aliphatic heterocycles. The maximum absolute atomic E-state index is 12.9. The van der Waals surface area contributed by atoms with Crippen molar-refractivity contribution >= 4 is 11.6 Å². The van der Waals surface area contributed by atoms with Gasteiger partial charge in [-0.15, -0.1) is 0 Å². The van der Waals surface area contributed by atoms with Gasteiger partial charge < -0.3 is 15.3 Å². The topological polar surface area (TPSA) is 73.9 Å². The summed E-state index contributed by atoms with van der Waals surface area (Å²) < 4.78 is 18.6.